The Balaban J connectivity index is 2.15. The van der Waals surface area contributed by atoms with Gasteiger partial charge in [-0.1, -0.05) is 12.1 Å². The summed E-state index contributed by atoms with van der Waals surface area (Å²) in [4.78, 5) is 24.3. The van der Waals surface area contributed by atoms with Crippen LogP contribution in [0.1, 0.15) is 0 Å². The van der Waals surface area contributed by atoms with Crippen LogP contribution in [0.3, 0.4) is 0 Å². The Labute approximate surface area is 127 Å². The minimum Gasteiger partial charge on any atom is -0.374 e. The maximum absolute atomic E-state index is 12.1. The van der Waals surface area contributed by atoms with E-state index in [9.17, 15) is 14.9 Å². The second kappa shape index (κ2) is 7.19. The first-order valence-corrected chi connectivity index (χ1v) is 6.73. The zero-order valence-electron chi connectivity index (χ0n) is 11.8. The number of amides is 1. The fourth-order valence-electron chi connectivity index (χ4n) is 2.06. The second-order valence-corrected chi connectivity index (χ2v) is 4.67. The van der Waals surface area contributed by atoms with Gasteiger partial charge in [-0.15, -0.1) is 0 Å². The molecule has 2 rings (SSSR count). The first-order valence-electron chi connectivity index (χ1n) is 6.73. The van der Waals surface area contributed by atoms with Crippen LogP contribution in [0.5, 0.6) is 0 Å². The molecule has 0 unspecified atom stereocenters. The molecule has 0 saturated carbocycles. The molecule has 1 heterocycles. The molecule has 0 spiro atoms. The molecule has 0 aromatic heterocycles. The number of nitriles is 1. The number of nitro groups is 1. The van der Waals surface area contributed by atoms with Crippen molar-refractivity contribution in [3.05, 3.63) is 46.2 Å². The number of nitro benzene ring substituents is 1. The van der Waals surface area contributed by atoms with E-state index >= 15 is 0 Å². The molecule has 0 radical (unpaired) electrons. The number of para-hydroxylation sites is 2. The number of benzene rings is 1. The van der Waals surface area contributed by atoms with Crippen LogP contribution in [0.25, 0.3) is 0 Å². The predicted molar refractivity (Wildman–Crippen MR) is 79.9 cm³/mol. The lowest BCUT2D eigenvalue weighted by Crippen LogP contribution is -2.41. The maximum Gasteiger partial charge on any atom is 0.292 e. The predicted octanol–water partition coefficient (Wildman–Crippen LogP) is 0.846. The van der Waals surface area contributed by atoms with Crippen LogP contribution in [0.4, 0.5) is 11.4 Å². The van der Waals surface area contributed by atoms with E-state index in [2.05, 4.69) is 10.6 Å². The Kier molecular flexibility index (Phi) is 5.06. The van der Waals surface area contributed by atoms with Gasteiger partial charge in [-0.25, -0.2) is 0 Å². The van der Waals surface area contributed by atoms with Crippen molar-refractivity contribution < 1.29 is 9.72 Å². The lowest BCUT2D eigenvalue weighted by Gasteiger charge is -2.25. The van der Waals surface area contributed by atoms with Gasteiger partial charge >= 0.3 is 0 Å². The topological polar surface area (TPSA) is 111 Å². The Morgan fingerprint density at radius 2 is 2.09 bits per heavy atom. The standard InChI is InChI=1S/C14H15N5O3/c15-9-11(10-18-7-5-16-6-8-18)14(20)17-12-3-1-2-4-13(12)19(21)22/h1-4,10,16H,5-8H2,(H,17,20)/b11-10-. The fourth-order valence-corrected chi connectivity index (χ4v) is 2.06. The van der Waals surface area contributed by atoms with Crippen molar-refractivity contribution in [3.8, 4) is 6.07 Å². The van der Waals surface area contributed by atoms with Crippen molar-refractivity contribution in [2.24, 2.45) is 0 Å². The van der Waals surface area contributed by atoms with Gasteiger partial charge in [0.05, 0.1) is 4.92 Å². The van der Waals surface area contributed by atoms with Crippen molar-refractivity contribution in [2.75, 3.05) is 31.5 Å². The van der Waals surface area contributed by atoms with Crippen LogP contribution in [0.15, 0.2) is 36.0 Å². The van der Waals surface area contributed by atoms with Gasteiger partial charge < -0.3 is 15.5 Å². The van der Waals surface area contributed by atoms with Crippen LogP contribution in [0.2, 0.25) is 0 Å². The minimum atomic E-state index is -0.657. The molecule has 0 aliphatic carbocycles. The lowest BCUT2D eigenvalue weighted by atomic mass is 10.2. The summed E-state index contributed by atoms with van der Waals surface area (Å²) in [6.07, 6.45) is 1.49. The van der Waals surface area contributed by atoms with E-state index in [1.54, 1.807) is 6.07 Å². The van der Waals surface area contributed by atoms with Gasteiger partial charge in [0.25, 0.3) is 11.6 Å². The van der Waals surface area contributed by atoms with Gasteiger partial charge in [0, 0.05) is 38.4 Å². The highest BCUT2D eigenvalue weighted by Crippen LogP contribution is 2.23. The fraction of sp³-hybridized carbons (Fsp3) is 0.286. The first-order chi connectivity index (χ1) is 10.6. The van der Waals surface area contributed by atoms with Crippen molar-refractivity contribution in [1.82, 2.24) is 10.2 Å². The average molecular weight is 301 g/mol. The molecular weight excluding hydrogens is 286 g/mol. The van der Waals surface area contributed by atoms with E-state index in [0.717, 1.165) is 13.1 Å². The maximum atomic E-state index is 12.1. The summed E-state index contributed by atoms with van der Waals surface area (Å²) in [5.74, 6) is -0.657. The SMILES string of the molecule is N#C/C(=C/N1CCNCC1)C(=O)Nc1ccccc1[N+](=O)[O-]. The number of carbonyl (C=O) groups is 1. The smallest absolute Gasteiger partial charge is 0.292 e. The summed E-state index contributed by atoms with van der Waals surface area (Å²) in [5, 5.41) is 25.6. The molecule has 1 fully saturated rings. The van der Waals surface area contributed by atoms with Crippen molar-refractivity contribution in [3.63, 3.8) is 0 Å². The Morgan fingerprint density at radius 3 is 2.73 bits per heavy atom. The van der Waals surface area contributed by atoms with E-state index in [1.807, 2.05) is 11.0 Å². The van der Waals surface area contributed by atoms with Crippen molar-refractivity contribution >= 4 is 17.3 Å². The third-order valence-electron chi connectivity index (χ3n) is 3.18. The van der Waals surface area contributed by atoms with Gasteiger partial charge in [-0.2, -0.15) is 5.26 Å². The molecule has 8 nitrogen and oxygen atoms in total. The number of piperazine rings is 1. The van der Waals surface area contributed by atoms with Crippen LogP contribution < -0.4 is 10.6 Å². The Morgan fingerprint density at radius 1 is 1.41 bits per heavy atom. The molecule has 1 aliphatic heterocycles. The van der Waals surface area contributed by atoms with E-state index < -0.39 is 10.8 Å². The second-order valence-electron chi connectivity index (χ2n) is 4.67. The van der Waals surface area contributed by atoms with Gasteiger partial charge in [0.15, 0.2) is 0 Å². The molecule has 8 heteroatoms. The molecule has 22 heavy (non-hydrogen) atoms. The van der Waals surface area contributed by atoms with Crippen LogP contribution in [-0.2, 0) is 4.79 Å². The van der Waals surface area contributed by atoms with Gasteiger partial charge in [-0.05, 0) is 6.07 Å². The normalized spacial score (nSPS) is 15.0. The molecule has 2 N–H and O–H groups in total. The number of anilines is 1. The number of nitrogens with one attached hydrogen (secondary N) is 2. The molecule has 114 valence electrons. The summed E-state index contributed by atoms with van der Waals surface area (Å²) < 4.78 is 0. The number of nitrogens with zero attached hydrogens (tertiary/aromatic N) is 3. The van der Waals surface area contributed by atoms with E-state index in [-0.39, 0.29) is 16.9 Å². The Bertz CT molecular complexity index is 644. The van der Waals surface area contributed by atoms with E-state index in [4.69, 9.17) is 5.26 Å². The third-order valence-corrected chi connectivity index (χ3v) is 3.18. The highest BCUT2D eigenvalue weighted by molar-refractivity contribution is 6.07. The van der Waals surface area contributed by atoms with Gasteiger partial charge in [-0.3, -0.25) is 14.9 Å². The molecule has 1 aliphatic rings. The number of hydrogen-bond donors (Lipinski definition) is 2. The van der Waals surface area contributed by atoms with Crippen LogP contribution >= 0.6 is 0 Å². The average Bonchev–Trinajstić information content (AvgIpc) is 2.53. The summed E-state index contributed by atoms with van der Waals surface area (Å²) >= 11 is 0. The Hall–Kier alpha value is -2.92. The largest absolute Gasteiger partial charge is 0.374 e. The number of carbonyl (C=O) groups excluding carboxylic acids is 1. The molecule has 1 aromatic rings. The van der Waals surface area contributed by atoms with Crippen LogP contribution in [0, 0.1) is 21.4 Å². The summed E-state index contributed by atoms with van der Waals surface area (Å²) in [5.41, 5.74) is -0.227. The third kappa shape index (κ3) is 3.80. The molecule has 1 saturated heterocycles. The van der Waals surface area contributed by atoms with Crippen LogP contribution in [-0.4, -0.2) is 41.9 Å². The molecular formula is C14H15N5O3. The highest BCUT2D eigenvalue weighted by Gasteiger charge is 2.18. The number of rotatable bonds is 4. The summed E-state index contributed by atoms with van der Waals surface area (Å²) in [6.45, 7) is 2.95. The lowest BCUT2D eigenvalue weighted by molar-refractivity contribution is -0.383. The molecule has 1 aromatic carbocycles. The van der Waals surface area contributed by atoms with Gasteiger partial charge in [0.1, 0.15) is 17.3 Å². The number of hydrogen-bond acceptors (Lipinski definition) is 6. The zero-order chi connectivity index (χ0) is 15.9. The highest BCUT2D eigenvalue weighted by atomic mass is 16.6. The zero-order valence-corrected chi connectivity index (χ0v) is 11.8. The summed E-state index contributed by atoms with van der Waals surface area (Å²) in [7, 11) is 0. The van der Waals surface area contributed by atoms with Gasteiger partial charge in [0.2, 0.25) is 0 Å². The molecule has 0 atom stereocenters. The van der Waals surface area contributed by atoms with Crippen molar-refractivity contribution in [1.29, 1.82) is 5.26 Å². The molecule has 1 amide bonds. The minimum absolute atomic E-state index is 0.0685. The quantitative estimate of drug-likeness (QED) is 0.369. The van der Waals surface area contributed by atoms with Crippen molar-refractivity contribution in [2.45, 2.75) is 0 Å². The summed E-state index contributed by atoms with van der Waals surface area (Å²) in [6, 6.07) is 7.64. The molecule has 0 bridgehead atoms. The monoisotopic (exact) mass is 301 g/mol. The van der Waals surface area contributed by atoms with E-state index in [0.29, 0.717) is 13.1 Å². The van der Waals surface area contributed by atoms with E-state index in [1.165, 1.54) is 24.4 Å². The first kappa shape index (κ1) is 15.5.